The lowest BCUT2D eigenvalue weighted by Crippen LogP contribution is -2.45. The fourth-order valence-electron chi connectivity index (χ4n) is 2.45. The summed E-state index contributed by atoms with van der Waals surface area (Å²) in [6, 6.07) is 2.13. The van der Waals surface area contributed by atoms with Crippen molar-refractivity contribution >= 4 is 8.56 Å². The van der Waals surface area contributed by atoms with Crippen molar-refractivity contribution in [1.82, 2.24) is 0 Å². The van der Waals surface area contributed by atoms with Crippen LogP contribution in [0, 0.1) is 0 Å². The molecule has 2 unspecified atom stereocenters. The smallest absolute Gasteiger partial charge is 0.338 e. The summed E-state index contributed by atoms with van der Waals surface area (Å²) in [6.45, 7) is 13.4. The van der Waals surface area contributed by atoms with Crippen LogP contribution >= 0.6 is 0 Å². The molecule has 0 fully saturated rings. The number of hydrogen-bond acceptors (Lipinski definition) is 2. The Morgan fingerprint density at radius 1 is 0.737 bits per heavy atom. The Morgan fingerprint density at radius 2 is 1.11 bits per heavy atom. The van der Waals surface area contributed by atoms with Gasteiger partial charge in [0.25, 0.3) is 0 Å². The zero-order valence-corrected chi connectivity index (χ0v) is 15.1. The van der Waals surface area contributed by atoms with Gasteiger partial charge in [-0.25, -0.2) is 0 Å². The van der Waals surface area contributed by atoms with Crippen molar-refractivity contribution in [2.75, 3.05) is 0 Å². The van der Waals surface area contributed by atoms with Gasteiger partial charge < -0.3 is 8.85 Å². The summed E-state index contributed by atoms with van der Waals surface area (Å²) in [4.78, 5) is 0. The zero-order chi connectivity index (χ0) is 14.7. The molecule has 116 valence electrons. The molecule has 0 bridgehead atoms. The predicted molar refractivity (Wildman–Crippen MR) is 86.9 cm³/mol. The molecule has 0 radical (unpaired) electrons. The Balaban J connectivity index is 4.38. The molecule has 0 saturated carbocycles. The molecule has 0 amide bonds. The molecule has 0 aromatic rings. The minimum atomic E-state index is -1.97. The van der Waals surface area contributed by atoms with Gasteiger partial charge in [-0.2, -0.15) is 0 Å². The fourth-order valence-corrected chi connectivity index (χ4v) is 5.37. The number of unbranched alkanes of at least 4 members (excludes halogenated alkanes) is 2. The third kappa shape index (κ3) is 8.11. The van der Waals surface area contributed by atoms with Crippen molar-refractivity contribution in [3.05, 3.63) is 0 Å². The van der Waals surface area contributed by atoms with Gasteiger partial charge in [0.15, 0.2) is 0 Å². The SMILES string of the molecule is CCCCC(C)O[Si](CC)(CC)OC(C)CCCC. The van der Waals surface area contributed by atoms with Crippen LogP contribution < -0.4 is 0 Å². The summed E-state index contributed by atoms with van der Waals surface area (Å²) in [5, 5.41) is 0. The average Bonchev–Trinajstić information content (AvgIpc) is 2.42. The lowest BCUT2D eigenvalue weighted by molar-refractivity contribution is 0.0824. The van der Waals surface area contributed by atoms with Crippen molar-refractivity contribution in [1.29, 1.82) is 0 Å². The van der Waals surface area contributed by atoms with Gasteiger partial charge in [0.1, 0.15) is 0 Å². The Kier molecular flexibility index (Phi) is 10.9. The molecule has 2 atom stereocenters. The molecule has 0 N–H and O–H groups in total. The highest BCUT2D eigenvalue weighted by atomic mass is 28.4. The molecular formula is C16H36O2Si. The summed E-state index contributed by atoms with van der Waals surface area (Å²) >= 11 is 0. The first kappa shape index (κ1) is 19.1. The first-order valence-electron chi connectivity index (χ1n) is 8.39. The van der Waals surface area contributed by atoms with E-state index in [1.807, 2.05) is 0 Å². The van der Waals surface area contributed by atoms with Crippen LogP contribution in [-0.4, -0.2) is 20.8 Å². The van der Waals surface area contributed by atoms with Gasteiger partial charge in [0.05, 0.1) is 0 Å². The minimum Gasteiger partial charge on any atom is -0.391 e. The van der Waals surface area contributed by atoms with E-state index in [1.165, 1.54) is 25.7 Å². The van der Waals surface area contributed by atoms with Crippen LogP contribution in [0.4, 0.5) is 0 Å². The Bertz CT molecular complexity index is 187. The molecule has 19 heavy (non-hydrogen) atoms. The highest BCUT2D eigenvalue weighted by molar-refractivity contribution is 6.67. The quantitative estimate of drug-likeness (QED) is 0.431. The van der Waals surface area contributed by atoms with Crippen LogP contribution in [0.3, 0.4) is 0 Å². The highest BCUT2D eigenvalue weighted by Gasteiger charge is 2.36. The van der Waals surface area contributed by atoms with E-state index in [0.717, 1.165) is 24.9 Å². The number of hydrogen-bond donors (Lipinski definition) is 0. The van der Waals surface area contributed by atoms with E-state index >= 15 is 0 Å². The standard InChI is InChI=1S/C16H36O2Si/c1-7-11-13-15(5)17-19(9-3,10-4)18-16(6)14-12-8-2/h15-16H,7-14H2,1-6H3. The first-order valence-corrected chi connectivity index (χ1v) is 10.6. The topological polar surface area (TPSA) is 18.5 Å². The summed E-state index contributed by atoms with van der Waals surface area (Å²) in [7, 11) is -1.97. The van der Waals surface area contributed by atoms with Crippen LogP contribution in [-0.2, 0) is 8.85 Å². The molecule has 0 spiro atoms. The van der Waals surface area contributed by atoms with E-state index in [0.29, 0.717) is 12.2 Å². The van der Waals surface area contributed by atoms with Crippen molar-refractivity contribution in [3.63, 3.8) is 0 Å². The summed E-state index contributed by atoms with van der Waals surface area (Å²) < 4.78 is 12.8. The maximum absolute atomic E-state index is 6.41. The van der Waals surface area contributed by atoms with Crippen molar-refractivity contribution in [2.45, 2.75) is 104 Å². The normalized spacial score (nSPS) is 15.5. The molecular weight excluding hydrogens is 252 g/mol. The average molecular weight is 289 g/mol. The van der Waals surface area contributed by atoms with E-state index < -0.39 is 8.56 Å². The molecule has 0 aliphatic heterocycles. The largest absolute Gasteiger partial charge is 0.391 e. The maximum Gasteiger partial charge on any atom is 0.338 e. The lowest BCUT2D eigenvalue weighted by atomic mass is 10.2. The van der Waals surface area contributed by atoms with Gasteiger partial charge in [-0.15, -0.1) is 0 Å². The van der Waals surface area contributed by atoms with Crippen LogP contribution in [0.2, 0.25) is 12.1 Å². The maximum atomic E-state index is 6.41. The Morgan fingerprint density at radius 3 is 1.37 bits per heavy atom. The molecule has 0 aromatic heterocycles. The van der Waals surface area contributed by atoms with Crippen LogP contribution in [0.25, 0.3) is 0 Å². The minimum absolute atomic E-state index is 0.352. The van der Waals surface area contributed by atoms with E-state index in [1.54, 1.807) is 0 Å². The van der Waals surface area contributed by atoms with Gasteiger partial charge in [-0.3, -0.25) is 0 Å². The number of rotatable bonds is 12. The molecule has 0 saturated heterocycles. The van der Waals surface area contributed by atoms with Crippen LogP contribution in [0.5, 0.6) is 0 Å². The van der Waals surface area contributed by atoms with Gasteiger partial charge in [-0.05, 0) is 38.8 Å². The first-order chi connectivity index (χ1) is 9.03. The second-order valence-corrected chi connectivity index (χ2v) is 9.47. The lowest BCUT2D eigenvalue weighted by Gasteiger charge is -2.34. The second kappa shape index (κ2) is 10.9. The van der Waals surface area contributed by atoms with E-state index in [4.69, 9.17) is 8.85 Å². The van der Waals surface area contributed by atoms with Gasteiger partial charge in [0, 0.05) is 12.2 Å². The molecule has 2 nitrogen and oxygen atoms in total. The van der Waals surface area contributed by atoms with Crippen molar-refractivity contribution in [3.8, 4) is 0 Å². The Hall–Kier alpha value is 0.137. The zero-order valence-electron chi connectivity index (χ0n) is 14.1. The Labute approximate surface area is 122 Å². The van der Waals surface area contributed by atoms with Gasteiger partial charge >= 0.3 is 8.56 Å². The van der Waals surface area contributed by atoms with Crippen molar-refractivity contribution < 1.29 is 8.85 Å². The van der Waals surface area contributed by atoms with Crippen LogP contribution in [0.1, 0.15) is 80.1 Å². The van der Waals surface area contributed by atoms with Crippen LogP contribution in [0.15, 0.2) is 0 Å². The predicted octanol–water partition coefficient (Wildman–Crippen LogP) is 5.66. The summed E-state index contributed by atoms with van der Waals surface area (Å²) in [6.07, 6.45) is 8.03. The molecule has 0 aliphatic rings. The molecule has 3 heteroatoms. The van der Waals surface area contributed by atoms with E-state index in [9.17, 15) is 0 Å². The molecule has 0 heterocycles. The van der Waals surface area contributed by atoms with E-state index in [2.05, 4.69) is 41.5 Å². The van der Waals surface area contributed by atoms with Gasteiger partial charge in [0.2, 0.25) is 0 Å². The van der Waals surface area contributed by atoms with Crippen molar-refractivity contribution in [2.24, 2.45) is 0 Å². The molecule has 0 rings (SSSR count). The monoisotopic (exact) mass is 288 g/mol. The summed E-state index contributed by atoms with van der Waals surface area (Å²) in [5.41, 5.74) is 0. The van der Waals surface area contributed by atoms with E-state index in [-0.39, 0.29) is 0 Å². The molecule has 0 aromatic carbocycles. The summed E-state index contributed by atoms with van der Waals surface area (Å²) in [5.74, 6) is 0. The molecule has 0 aliphatic carbocycles. The third-order valence-electron chi connectivity index (χ3n) is 3.84. The van der Waals surface area contributed by atoms with Gasteiger partial charge in [-0.1, -0.05) is 53.4 Å². The fraction of sp³-hybridized carbons (Fsp3) is 1.00. The highest BCUT2D eigenvalue weighted by Crippen LogP contribution is 2.25. The third-order valence-corrected chi connectivity index (χ3v) is 7.66. The second-order valence-electron chi connectivity index (χ2n) is 5.76.